The van der Waals surface area contributed by atoms with E-state index in [1.165, 1.54) is 17.5 Å². The number of rotatable bonds is 2. The lowest BCUT2D eigenvalue weighted by Crippen LogP contribution is -2.14. The maximum atomic E-state index is 5.97. The van der Waals surface area contributed by atoms with Crippen molar-refractivity contribution in [2.24, 2.45) is 0 Å². The van der Waals surface area contributed by atoms with E-state index in [-0.39, 0.29) is 0 Å². The molecule has 3 heteroatoms. The first-order chi connectivity index (χ1) is 5.83. The van der Waals surface area contributed by atoms with Gasteiger partial charge in [0.05, 0.1) is 0 Å². The molecule has 12 heavy (non-hydrogen) atoms. The van der Waals surface area contributed by atoms with Gasteiger partial charge in [-0.05, 0) is 36.9 Å². The van der Waals surface area contributed by atoms with Crippen molar-refractivity contribution < 1.29 is 0 Å². The Bertz CT molecular complexity index is 280. The molecular formula is C9H13ClN2. The first-order valence-electron chi connectivity index (χ1n) is 4.33. The van der Waals surface area contributed by atoms with Crippen LogP contribution in [-0.2, 0) is 6.42 Å². The molecule has 0 aromatic carbocycles. The highest BCUT2D eigenvalue weighted by Gasteiger charge is 2.24. The lowest BCUT2D eigenvalue weighted by atomic mass is 10.1. The number of aromatic amines is 1. The fraction of sp³-hybridized carbons (Fsp3) is 0.556. The number of fused-ring (bicyclic) bond motifs is 1. The van der Waals surface area contributed by atoms with Gasteiger partial charge in [0.2, 0.25) is 0 Å². The van der Waals surface area contributed by atoms with Crippen molar-refractivity contribution in [3.05, 3.63) is 22.5 Å². The van der Waals surface area contributed by atoms with Crippen LogP contribution in [0.4, 0.5) is 0 Å². The summed E-state index contributed by atoms with van der Waals surface area (Å²) in [5, 5.41) is 4.04. The molecule has 0 saturated carbocycles. The molecule has 1 aromatic heterocycles. The second-order valence-electron chi connectivity index (χ2n) is 3.33. The summed E-state index contributed by atoms with van der Waals surface area (Å²) in [6, 6.07) is 0. The van der Waals surface area contributed by atoms with E-state index in [4.69, 9.17) is 11.6 Å². The standard InChI is InChI=1S/C9H13ClN2/c1-11-4-6-2-3-7-8(6)5-12-9(7)10/h5-6,11-12H,2-4H2,1H3. The molecule has 2 N–H and O–H groups in total. The predicted octanol–water partition coefficient (Wildman–Crippen LogP) is 1.92. The van der Waals surface area contributed by atoms with E-state index in [1.54, 1.807) is 0 Å². The zero-order chi connectivity index (χ0) is 8.55. The fourth-order valence-corrected chi connectivity index (χ4v) is 2.25. The second kappa shape index (κ2) is 3.11. The number of hydrogen-bond acceptors (Lipinski definition) is 1. The van der Waals surface area contributed by atoms with Gasteiger partial charge in [0.1, 0.15) is 5.15 Å². The number of hydrogen-bond donors (Lipinski definition) is 2. The third kappa shape index (κ3) is 1.15. The highest BCUT2D eigenvalue weighted by molar-refractivity contribution is 6.30. The molecule has 1 heterocycles. The number of nitrogens with one attached hydrogen (secondary N) is 2. The van der Waals surface area contributed by atoms with Crippen molar-refractivity contribution in [2.75, 3.05) is 13.6 Å². The minimum absolute atomic E-state index is 0.661. The maximum absolute atomic E-state index is 5.97. The number of aromatic nitrogens is 1. The Morgan fingerprint density at radius 3 is 3.33 bits per heavy atom. The van der Waals surface area contributed by atoms with Gasteiger partial charge in [-0.25, -0.2) is 0 Å². The normalized spacial score (nSPS) is 21.3. The van der Waals surface area contributed by atoms with Gasteiger partial charge < -0.3 is 10.3 Å². The van der Waals surface area contributed by atoms with E-state index in [2.05, 4.69) is 10.3 Å². The molecule has 0 aliphatic heterocycles. The van der Waals surface area contributed by atoms with Gasteiger partial charge in [-0.2, -0.15) is 0 Å². The molecule has 0 radical (unpaired) electrons. The van der Waals surface area contributed by atoms with E-state index >= 15 is 0 Å². The summed E-state index contributed by atoms with van der Waals surface area (Å²) in [5.74, 6) is 0.661. The molecule has 1 aromatic rings. The van der Waals surface area contributed by atoms with Crippen molar-refractivity contribution in [2.45, 2.75) is 18.8 Å². The third-order valence-corrected chi connectivity index (χ3v) is 2.94. The molecule has 0 bridgehead atoms. The van der Waals surface area contributed by atoms with Crippen LogP contribution < -0.4 is 5.32 Å². The summed E-state index contributed by atoms with van der Waals surface area (Å²) in [6.07, 6.45) is 4.41. The minimum atomic E-state index is 0.661. The first kappa shape index (κ1) is 8.14. The van der Waals surface area contributed by atoms with Gasteiger partial charge in [0.15, 0.2) is 0 Å². The first-order valence-corrected chi connectivity index (χ1v) is 4.71. The molecule has 66 valence electrons. The zero-order valence-electron chi connectivity index (χ0n) is 7.15. The predicted molar refractivity (Wildman–Crippen MR) is 50.8 cm³/mol. The average Bonchev–Trinajstić information content (AvgIpc) is 2.58. The van der Waals surface area contributed by atoms with E-state index in [0.717, 1.165) is 18.1 Å². The molecule has 0 saturated heterocycles. The van der Waals surface area contributed by atoms with Gasteiger partial charge in [-0.3, -0.25) is 0 Å². The van der Waals surface area contributed by atoms with E-state index in [1.807, 2.05) is 13.2 Å². The Hall–Kier alpha value is -0.470. The summed E-state index contributed by atoms with van der Waals surface area (Å²) in [4.78, 5) is 3.07. The Labute approximate surface area is 77.3 Å². The smallest absolute Gasteiger partial charge is 0.109 e. The van der Waals surface area contributed by atoms with Crippen molar-refractivity contribution in [3.8, 4) is 0 Å². The molecule has 2 nitrogen and oxygen atoms in total. The maximum Gasteiger partial charge on any atom is 0.109 e. The van der Waals surface area contributed by atoms with Crippen LogP contribution in [0.15, 0.2) is 6.20 Å². The Kier molecular flexibility index (Phi) is 2.11. The van der Waals surface area contributed by atoms with Crippen LogP contribution in [0.25, 0.3) is 0 Å². The van der Waals surface area contributed by atoms with Gasteiger partial charge in [-0.15, -0.1) is 0 Å². The molecule has 1 aliphatic carbocycles. The third-order valence-electron chi connectivity index (χ3n) is 2.60. The van der Waals surface area contributed by atoms with Crippen LogP contribution in [0, 0.1) is 0 Å². The quantitative estimate of drug-likeness (QED) is 0.722. The largest absolute Gasteiger partial charge is 0.352 e. The summed E-state index contributed by atoms with van der Waals surface area (Å²) in [5.41, 5.74) is 2.74. The van der Waals surface area contributed by atoms with E-state index in [0.29, 0.717) is 5.92 Å². The van der Waals surface area contributed by atoms with Crippen molar-refractivity contribution in [3.63, 3.8) is 0 Å². The summed E-state index contributed by atoms with van der Waals surface area (Å²) >= 11 is 5.97. The van der Waals surface area contributed by atoms with Crippen LogP contribution in [0.2, 0.25) is 5.15 Å². The van der Waals surface area contributed by atoms with Gasteiger partial charge in [0, 0.05) is 12.7 Å². The molecule has 1 atom stereocenters. The summed E-state index contributed by atoms with van der Waals surface area (Å²) < 4.78 is 0. The van der Waals surface area contributed by atoms with Gasteiger partial charge >= 0.3 is 0 Å². The monoisotopic (exact) mass is 184 g/mol. The highest BCUT2D eigenvalue weighted by atomic mass is 35.5. The lowest BCUT2D eigenvalue weighted by Gasteiger charge is -2.07. The second-order valence-corrected chi connectivity index (χ2v) is 3.71. The van der Waals surface area contributed by atoms with Crippen LogP contribution >= 0.6 is 11.6 Å². The molecular weight excluding hydrogens is 172 g/mol. The minimum Gasteiger partial charge on any atom is -0.352 e. The van der Waals surface area contributed by atoms with Crippen molar-refractivity contribution >= 4 is 11.6 Å². The van der Waals surface area contributed by atoms with Crippen LogP contribution in [-0.4, -0.2) is 18.6 Å². The average molecular weight is 185 g/mol. The molecule has 0 spiro atoms. The Morgan fingerprint density at radius 2 is 2.58 bits per heavy atom. The lowest BCUT2D eigenvalue weighted by molar-refractivity contribution is 0.621. The highest BCUT2D eigenvalue weighted by Crippen LogP contribution is 2.36. The van der Waals surface area contributed by atoms with Crippen LogP contribution in [0.1, 0.15) is 23.5 Å². The molecule has 2 rings (SSSR count). The van der Waals surface area contributed by atoms with Crippen LogP contribution in [0.3, 0.4) is 0 Å². The van der Waals surface area contributed by atoms with Gasteiger partial charge in [0.25, 0.3) is 0 Å². The molecule has 0 fully saturated rings. The van der Waals surface area contributed by atoms with Gasteiger partial charge in [-0.1, -0.05) is 11.6 Å². The fourth-order valence-electron chi connectivity index (χ4n) is 1.99. The topological polar surface area (TPSA) is 27.8 Å². The van der Waals surface area contributed by atoms with E-state index < -0.39 is 0 Å². The molecule has 0 amide bonds. The Balaban J connectivity index is 2.24. The summed E-state index contributed by atoms with van der Waals surface area (Å²) in [6.45, 7) is 1.06. The SMILES string of the molecule is CNCC1CCc2c1c[nH]c2Cl. The number of H-pyrrole nitrogens is 1. The Morgan fingerprint density at radius 1 is 1.75 bits per heavy atom. The van der Waals surface area contributed by atoms with E-state index in [9.17, 15) is 0 Å². The number of likely N-dealkylation sites (N-methyl/N-ethyl adjacent to an activating group) is 1. The number of halogens is 1. The van der Waals surface area contributed by atoms with Crippen molar-refractivity contribution in [1.29, 1.82) is 0 Å². The molecule has 1 unspecified atom stereocenters. The summed E-state index contributed by atoms with van der Waals surface area (Å²) in [7, 11) is 1.99. The van der Waals surface area contributed by atoms with Crippen molar-refractivity contribution in [1.82, 2.24) is 10.3 Å². The zero-order valence-corrected chi connectivity index (χ0v) is 7.91. The van der Waals surface area contributed by atoms with Crippen LogP contribution in [0.5, 0.6) is 0 Å². The molecule has 1 aliphatic rings.